The van der Waals surface area contributed by atoms with Crippen molar-refractivity contribution in [1.82, 2.24) is 14.5 Å². The molecular formula is C55H51N3O. The molecule has 1 N–H and O–H groups in total. The maximum absolute atomic E-state index is 12.4. The van der Waals surface area contributed by atoms with Gasteiger partial charge in [-0.05, 0) is 103 Å². The van der Waals surface area contributed by atoms with E-state index in [9.17, 15) is 5.11 Å². The molecule has 0 unspecified atom stereocenters. The van der Waals surface area contributed by atoms with E-state index in [-0.39, 0.29) is 22.5 Å². The standard InChI is InChI=1S/C55H51N3O/c1-34(2)44-28-37(35-17-10-9-11-18-35)25-26-49(44)58-50-24-16-23-43(51(50)57-53(58)46-31-41(54(3,4)5)32-47(52(46)59)55(6,7)8)45-29-40(27-38-20-14-15-22-42(38)45)48-30-36-19-12-13-21-39(36)33-56-48/h9-34,59H,1-8H3. The van der Waals surface area contributed by atoms with Crippen LogP contribution in [0, 0.1) is 0 Å². The van der Waals surface area contributed by atoms with Gasteiger partial charge in [-0.1, -0.05) is 159 Å². The van der Waals surface area contributed by atoms with Gasteiger partial charge in [0.25, 0.3) is 0 Å². The highest BCUT2D eigenvalue weighted by Gasteiger charge is 2.29. The third-order valence-electron chi connectivity index (χ3n) is 11.8. The molecule has 0 fully saturated rings. The minimum Gasteiger partial charge on any atom is -0.507 e. The number of aromatic nitrogens is 3. The van der Waals surface area contributed by atoms with Gasteiger partial charge in [0.05, 0.1) is 28.0 Å². The summed E-state index contributed by atoms with van der Waals surface area (Å²) in [5, 5.41) is 17.0. The number of aromatic hydroxyl groups is 1. The average molecular weight is 770 g/mol. The first kappa shape index (κ1) is 38.0. The molecule has 4 heteroatoms. The van der Waals surface area contributed by atoms with Crippen molar-refractivity contribution in [3.63, 3.8) is 0 Å². The number of para-hydroxylation sites is 1. The number of phenols is 1. The lowest BCUT2D eigenvalue weighted by Crippen LogP contribution is -2.17. The molecule has 0 radical (unpaired) electrons. The topological polar surface area (TPSA) is 50.9 Å². The molecular weight excluding hydrogens is 719 g/mol. The second kappa shape index (κ2) is 14.4. The number of phenolic OH excluding ortho intramolecular Hbond substituents is 1. The van der Waals surface area contributed by atoms with Crippen molar-refractivity contribution >= 4 is 32.6 Å². The van der Waals surface area contributed by atoms with Crippen LogP contribution in [0.15, 0.2) is 152 Å². The number of fused-ring (bicyclic) bond motifs is 3. The van der Waals surface area contributed by atoms with Gasteiger partial charge >= 0.3 is 0 Å². The zero-order valence-electron chi connectivity index (χ0n) is 35.3. The van der Waals surface area contributed by atoms with E-state index in [0.717, 1.165) is 77.3 Å². The van der Waals surface area contributed by atoms with E-state index < -0.39 is 0 Å². The van der Waals surface area contributed by atoms with Crippen LogP contribution < -0.4 is 0 Å². The van der Waals surface area contributed by atoms with E-state index in [1.54, 1.807) is 0 Å². The van der Waals surface area contributed by atoms with Crippen LogP contribution in [0.3, 0.4) is 0 Å². The molecule has 2 aromatic heterocycles. The molecule has 0 aliphatic rings. The molecule has 9 rings (SSSR count). The Hall–Kier alpha value is -6.52. The Kier molecular flexibility index (Phi) is 9.27. The maximum atomic E-state index is 12.4. The Morgan fingerprint density at radius 1 is 0.559 bits per heavy atom. The minimum atomic E-state index is -0.307. The molecule has 9 aromatic rings. The fourth-order valence-corrected chi connectivity index (χ4v) is 8.50. The third kappa shape index (κ3) is 6.87. The van der Waals surface area contributed by atoms with Crippen LogP contribution in [-0.2, 0) is 10.8 Å². The lowest BCUT2D eigenvalue weighted by atomic mass is 9.79. The SMILES string of the molecule is CC(C)c1cc(-c2ccccc2)ccc1-n1c(-c2cc(C(C)(C)C)cc(C(C)(C)C)c2O)nc2c(-c3cc(-c4cc5ccccc5cn4)cc4ccccc34)cccc21. The molecule has 4 nitrogen and oxygen atoms in total. The number of rotatable bonds is 6. The molecule has 7 aromatic carbocycles. The Morgan fingerprint density at radius 3 is 2.00 bits per heavy atom. The summed E-state index contributed by atoms with van der Waals surface area (Å²) in [6.07, 6.45) is 1.97. The summed E-state index contributed by atoms with van der Waals surface area (Å²) in [5.41, 5.74) is 12.8. The van der Waals surface area contributed by atoms with Crippen LogP contribution in [0.5, 0.6) is 5.75 Å². The molecule has 292 valence electrons. The monoisotopic (exact) mass is 769 g/mol. The lowest BCUT2D eigenvalue weighted by Gasteiger charge is -2.28. The zero-order chi connectivity index (χ0) is 41.2. The van der Waals surface area contributed by atoms with Crippen molar-refractivity contribution in [2.75, 3.05) is 0 Å². The molecule has 0 spiro atoms. The van der Waals surface area contributed by atoms with Gasteiger partial charge in [-0.15, -0.1) is 0 Å². The summed E-state index contributed by atoms with van der Waals surface area (Å²) >= 11 is 0. The maximum Gasteiger partial charge on any atom is 0.149 e. The van der Waals surface area contributed by atoms with Crippen LogP contribution in [-0.4, -0.2) is 19.6 Å². The number of hydrogen-bond donors (Lipinski definition) is 1. The van der Waals surface area contributed by atoms with Crippen molar-refractivity contribution in [3.05, 3.63) is 168 Å². The summed E-state index contributed by atoms with van der Waals surface area (Å²) in [4.78, 5) is 10.6. The van der Waals surface area contributed by atoms with Crippen LogP contribution in [0.1, 0.15) is 78.0 Å². The summed E-state index contributed by atoms with van der Waals surface area (Å²) in [6.45, 7) is 17.7. The Labute approximate surface area is 347 Å². The van der Waals surface area contributed by atoms with Crippen molar-refractivity contribution in [2.45, 2.75) is 72.1 Å². The fourth-order valence-electron chi connectivity index (χ4n) is 8.50. The number of imidazole rings is 1. The molecule has 0 bridgehead atoms. The number of nitrogens with zero attached hydrogens (tertiary/aromatic N) is 3. The van der Waals surface area contributed by atoms with Crippen LogP contribution in [0.2, 0.25) is 0 Å². The van der Waals surface area contributed by atoms with Crippen molar-refractivity contribution in [2.24, 2.45) is 0 Å². The van der Waals surface area contributed by atoms with E-state index in [4.69, 9.17) is 9.97 Å². The molecule has 0 saturated heterocycles. The van der Waals surface area contributed by atoms with E-state index in [2.05, 4.69) is 206 Å². The first-order valence-corrected chi connectivity index (χ1v) is 20.7. The summed E-state index contributed by atoms with van der Waals surface area (Å²) in [7, 11) is 0. The van der Waals surface area contributed by atoms with E-state index in [1.807, 2.05) is 6.20 Å². The Morgan fingerprint density at radius 2 is 1.27 bits per heavy atom. The van der Waals surface area contributed by atoms with E-state index in [1.165, 1.54) is 16.7 Å². The molecule has 59 heavy (non-hydrogen) atoms. The van der Waals surface area contributed by atoms with E-state index in [0.29, 0.717) is 5.82 Å². The highest BCUT2D eigenvalue weighted by atomic mass is 16.3. The smallest absolute Gasteiger partial charge is 0.149 e. The summed E-state index contributed by atoms with van der Waals surface area (Å²) < 4.78 is 2.30. The van der Waals surface area contributed by atoms with Gasteiger partial charge in [0.1, 0.15) is 11.6 Å². The highest BCUT2D eigenvalue weighted by molar-refractivity contribution is 6.07. The van der Waals surface area contributed by atoms with Gasteiger partial charge in [0.2, 0.25) is 0 Å². The molecule has 2 heterocycles. The highest BCUT2D eigenvalue weighted by Crippen LogP contribution is 2.46. The van der Waals surface area contributed by atoms with Gasteiger partial charge < -0.3 is 5.11 Å². The number of benzene rings is 7. The number of hydrogen-bond acceptors (Lipinski definition) is 3. The Bertz CT molecular complexity index is 3050. The van der Waals surface area contributed by atoms with Crippen LogP contribution >= 0.6 is 0 Å². The molecule has 0 saturated carbocycles. The van der Waals surface area contributed by atoms with Crippen molar-refractivity contribution in [1.29, 1.82) is 0 Å². The van der Waals surface area contributed by atoms with Gasteiger partial charge in [-0.3, -0.25) is 9.55 Å². The van der Waals surface area contributed by atoms with Crippen molar-refractivity contribution < 1.29 is 5.11 Å². The first-order chi connectivity index (χ1) is 28.3. The predicted molar refractivity (Wildman–Crippen MR) is 249 cm³/mol. The van der Waals surface area contributed by atoms with Crippen molar-refractivity contribution in [3.8, 4) is 56.3 Å². The lowest BCUT2D eigenvalue weighted by molar-refractivity contribution is 0.446. The first-order valence-electron chi connectivity index (χ1n) is 20.7. The van der Waals surface area contributed by atoms with Gasteiger partial charge in [0, 0.05) is 28.3 Å². The largest absolute Gasteiger partial charge is 0.507 e. The average Bonchev–Trinajstić information content (AvgIpc) is 3.62. The van der Waals surface area contributed by atoms with Gasteiger partial charge in [-0.2, -0.15) is 0 Å². The summed E-state index contributed by atoms with van der Waals surface area (Å²) in [5.74, 6) is 1.19. The number of pyridine rings is 1. The second-order valence-electron chi connectivity index (χ2n) is 18.3. The van der Waals surface area contributed by atoms with E-state index >= 15 is 0 Å². The normalized spacial score (nSPS) is 12.3. The molecule has 0 aliphatic carbocycles. The quantitative estimate of drug-likeness (QED) is 0.183. The second-order valence-corrected chi connectivity index (χ2v) is 18.3. The fraction of sp³-hybridized carbons (Fsp3) is 0.200. The zero-order valence-corrected chi connectivity index (χ0v) is 35.3. The molecule has 0 aliphatic heterocycles. The molecule has 0 atom stereocenters. The predicted octanol–water partition coefficient (Wildman–Crippen LogP) is 14.8. The minimum absolute atomic E-state index is 0.166. The van der Waals surface area contributed by atoms with Crippen LogP contribution in [0.25, 0.3) is 83.2 Å². The molecule has 0 amide bonds. The van der Waals surface area contributed by atoms with Gasteiger partial charge in [-0.25, -0.2) is 4.98 Å². The summed E-state index contributed by atoms with van der Waals surface area (Å²) in [6, 6.07) is 51.9. The third-order valence-corrected chi connectivity index (χ3v) is 11.8. The van der Waals surface area contributed by atoms with Gasteiger partial charge in [0.15, 0.2) is 0 Å². The van der Waals surface area contributed by atoms with Crippen LogP contribution in [0.4, 0.5) is 0 Å². The Balaban J connectivity index is 1.37.